The molecule has 124 valence electrons. The number of hydrogen-bond acceptors (Lipinski definition) is 2. The predicted octanol–water partition coefficient (Wildman–Crippen LogP) is 4.41. The number of benzene rings is 2. The second-order valence-electron chi connectivity index (χ2n) is 6.47. The molecule has 0 saturated carbocycles. The Balaban J connectivity index is 2.02. The standard InChI is InChI=1S/C20H26FNO/c1-16(2)12-13-22(14-17-8-10-19(21)11-9-17)15-20(23)18-6-4-3-5-7-18/h3-11,16,20,23H,12-15H2,1-2H3. The summed E-state index contributed by atoms with van der Waals surface area (Å²) in [5.41, 5.74) is 2.00. The summed E-state index contributed by atoms with van der Waals surface area (Å²) < 4.78 is 13.1. The van der Waals surface area contributed by atoms with E-state index in [4.69, 9.17) is 0 Å². The first kappa shape index (κ1) is 17.6. The van der Waals surface area contributed by atoms with Gasteiger partial charge in [0.05, 0.1) is 6.10 Å². The largest absolute Gasteiger partial charge is 0.387 e. The van der Waals surface area contributed by atoms with Gasteiger partial charge in [0.2, 0.25) is 0 Å². The van der Waals surface area contributed by atoms with Gasteiger partial charge >= 0.3 is 0 Å². The van der Waals surface area contributed by atoms with E-state index >= 15 is 0 Å². The molecule has 0 heterocycles. The summed E-state index contributed by atoms with van der Waals surface area (Å²) in [6.45, 7) is 6.61. The fraction of sp³-hybridized carbons (Fsp3) is 0.400. The van der Waals surface area contributed by atoms with Crippen LogP contribution in [0.15, 0.2) is 54.6 Å². The van der Waals surface area contributed by atoms with Gasteiger partial charge in [-0.2, -0.15) is 0 Å². The Labute approximate surface area is 138 Å². The van der Waals surface area contributed by atoms with Gasteiger partial charge in [-0.25, -0.2) is 4.39 Å². The Morgan fingerprint density at radius 3 is 2.26 bits per heavy atom. The van der Waals surface area contributed by atoms with E-state index in [1.165, 1.54) is 12.1 Å². The smallest absolute Gasteiger partial charge is 0.123 e. The highest BCUT2D eigenvalue weighted by molar-refractivity contribution is 5.18. The molecule has 0 aliphatic heterocycles. The summed E-state index contributed by atoms with van der Waals surface area (Å²) in [6, 6.07) is 16.3. The molecule has 0 spiro atoms. The van der Waals surface area contributed by atoms with Crippen molar-refractivity contribution in [1.82, 2.24) is 4.90 Å². The molecule has 2 rings (SSSR count). The molecule has 1 N–H and O–H groups in total. The lowest BCUT2D eigenvalue weighted by Gasteiger charge is -2.26. The van der Waals surface area contributed by atoms with Gasteiger partial charge in [0.15, 0.2) is 0 Å². The monoisotopic (exact) mass is 315 g/mol. The van der Waals surface area contributed by atoms with Crippen molar-refractivity contribution >= 4 is 0 Å². The third kappa shape index (κ3) is 6.12. The molecular weight excluding hydrogens is 289 g/mol. The minimum absolute atomic E-state index is 0.216. The summed E-state index contributed by atoms with van der Waals surface area (Å²) in [5.74, 6) is 0.395. The normalized spacial score (nSPS) is 12.8. The van der Waals surface area contributed by atoms with Gasteiger partial charge in [-0.1, -0.05) is 56.3 Å². The first-order valence-electron chi connectivity index (χ1n) is 8.24. The molecule has 0 bridgehead atoms. The molecule has 0 amide bonds. The average Bonchev–Trinajstić information content (AvgIpc) is 2.55. The van der Waals surface area contributed by atoms with E-state index in [1.54, 1.807) is 0 Å². The maximum absolute atomic E-state index is 13.1. The molecule has 3 heteroatoms. The molecule has 0 aliphatic rings. The minimum Gasteiger partial charge on any atom is -0.387 e. The Morgan fingerprint density at radius 1 is 1.00 bits per heavy atom. The first-order chi connectivity index (χ1) is 11.0. The van der Waals surface area contributed by atoms with E-state index in [0.29, 0.717) is 12.5 Å². The van der Waals surface area contributed by atoms with Crippen LogP contribution in [-0.4, -0.2) is 23.1 Å². The molecule has 23 heavy (non-hydrogen) atoms. The van der Waals surface area contributed by atoms with E-state index < -0.39 is 6.10 Å². The minimum atomic E-state index is -0.510. The third-order valence-electron chi connectivity index (χ3n) is 3.96. The Morgan fingerprint density at radius 2 is 1.65 bits per heavy atom. The van der Waals surface area contributed by atoms with Gasteiger partial charge in [0.1, 0.15) is 5.82 Å². The van der Waals surface area contributed by atoms with Crippen LogP contribution in [-0.2, 0) is 6.54 Å². The quantitative estimate of drug-likeness (QED) is 0.780. The van der Waals surface area contributed by atoms with Crippen molar-refractivity contribution in [2.45, 2.75) is 32.9 Å². The zero-order valence-corrected chi connectivity index (χ0v) is 14.0. The first-order valence-corrected chi connectivity index (χ1v) is 8.24. The molecule has 2 nitrogen and oxygen atoms in total. The molecule has 0 aliphatic carbocycles. The number of rotatable bonds is 8. The van der Waals surface area contributed by atoms with Crippen molar-refractivity contribution in [3.05, 3.63) is 71.5 Å². The zero-order valence-electron chi connectivity index (χ0n) is 14.0. The Bertz CT molecular complexity index is 568. The highest BCUT2D eigenvalue weighted by Crippen LogP contribution is 2.17. The number of aliphatic hydroxyl groups is 1. The molecule has 0 saturated heterocycles. The van der Waals surface area contributed by atoms with Crippen molar-refractivity contribution in [2.24, 2.45) is 5.92 Å². The molecule has 0 radical (unpaired) electrons. The number of halogens is 1. The van der Waals surface area contributed by atoms with Gasteiger partial charge in [-0.05, 0) is 42.1 Å². The second kappa shape index (κ2) is 8.80. The van der Waals surface area contributed by atoms with Gasteiger partial charge in [-0.15, -0.1) is 0 Å². The van der Waals surface area contributed by atoms with Gasteiger partial charge in [0.25, 0.3) is 0 Å². The topological polar surface area (TPSA) is 23.5 Å². The molecule has 1 unspecified atom stereocenters. The van der Waals surface area contributed by atoms with Crippen molar-refractivity contribution in [2.75, 3.05) is 13.1 Å². The third-order valence-corrected chi connectivity index (χ3v) is 3.96. The Hall–Kier alpha value is -1.71. The van der Waals surface area contributed by atoms with Gasteiger partial charge in [-0.3, -0.25) is 4.90 Å². The average molecular weight is 315 g/mol. The van der Waals surface area contributed by atoms with Gasteiger partial charge < -0.3 is 5.11 Å². The van der Waals surface area contributed by atoms with E-state index in [1.807, 2.05) is 42.5 Å². The lowest BCUT2D eigenvalue weighted by atomic mass is 10.1. The lowest BCUT2D eigenvalue weighted by Crippen LogP contribution is -2.30. The van der Waals surface area contributed by atoms with Crippen LogP contribution in [0.4, 0.5) is 4.39 Å². The number of nitrogens with zero attached hydrogens (tertiary/aromatic N) is 1. The summed E-state index contributed by atoms with van der Waals surface area (Å²) in [4.78, 5) is 2.24. The number of aliphatic hydroxyl groups excluding tert-OH is 1. The summed E-state index contributed by atoms with van der Waals surface area (Å²) in [7, 11) is 0. The highest BCUT2D eigenvalue weighted by Gasteiger charge is 2.14. The molecule has 1 atom stereocenters. The maximum Gasteiger partial charge on any atom is 0.123 e. The zero-order chi connectivity index (χ0) is 16.7. The van der Waals surface area contributed by atoms with Crippen molar-refractivity contribution in [1.29, 1.82) is 0 Å². The lowest BCUT2D eigenvalue weighted by molar-refractivity contribution is 0.106. The SMILES string of the molecule is CC(C)CCN(Cc1ccc(F)cc1)CC(O)c1ccccc1. The number of hydrogen-bond donors (Lipinski definition) is 1. The van der Waals surface area contributed by atoms with Crippen molar-refractivity contribution < 1.29 is 9.50 Å². The van der Waals surface area contributed by atoms with Crippen molar-refractivity contribution in [3.63, 3.8) is 0 Å². The second-order valence-corrected chi connectivity index (χ2v) is 6.47. The highest BCUT2D eigenvalue weighted by atomic mass is 19.1. The van der Waals surface area contributed by atoms with E-state index in [9.17, 15) is 9.50 Å². The molecule has 2 aromatic carbocycles. The van der Waals surface area contributed by atoms with Crippen LogP contribution in [0.3, 0.4) is 0 Å². The fourth-order valence-electron chi connectivity index (χ4n) is 2.55. The predicted molar refractivity (Wildman–Crippen MR) is 92.5 cm³/mol. The maximum atomic E-state index is 13.1. The summed E-state index contributed by atoms with van der Waals surface area (Å²) in [6.07, 6.45) is 0.562. The van der Waals surface area contributed by atoms with Crippen LogP contribution in [0, 0.1) is 11.7 Å². The molecule has 0 aromatic heterocycles. The van der Waals surface area contributed by atoms with Gasteiger partial charge in [0, 0.05) is 13.1 Å². The Kier molecular flexibility index (Phi) is 6.75. The van der Waals surface area contributed by atoms with Crippen LogP contribution < -0.4 is 0 Å². The van der Waals surface area contributed by atoms with E-state index in [0.717, 1.165) is 30.6 Å². The van der Waals surface area contributed by atoms with Crippen molar-refractivity contribution in [3.8, 4) is 0 Å². The molecule has 2 aromatic rings. The summed E-state index contributed by atoms with van der Waals surface area (Å²) in [5, 5.41) is 10.5. The van der Waals surface area contributed by atoms with E-state index in [2.05, 4.69) is 18.7 Å². The van der Waals surface area contributed by atoms with Crippen LogP contribution in [0.25, 0.3) is 0 Å². The van der Waals surface area contributed by atoms with Crippen LogP contribution >= 0.6 is 0 Å². The van der Waals surface area contributed by atoms with E-state index in [-0.39, 0.29) is 5.82 Å². The fourth-order valence-corrected chi connectivity index (χ4v) is 2.55. The van der Waals surface area contributed by atoms with Crippen LogP contribution in [0.2, 0.25) is 0 Å². The van der Waals surface area contributed by atoms with Crippen LogP contribution in [0.1, 0.15) is 37.5 Å². The molecule has 0 fully saturated rings. The molecular formula is C20H26FNO. The van der Waals surface area contributed by atoms with Crippen LogP contribution in [0.5, 0.6) is 0 Å². The summed E-state index contributed by atoms with van der Waals surface area (Å²) >= 11 is 0.